The van der Waals surface area contributed by atoms with Gasteiger partial charge >= 0.3 is 28.3 Å². The Hall–Kier alpha value is -0.491. The van der Waals surface area contributed by atoms with E-state index >= 15 is 0 Å². The first-order chi connectivity index (χ1) is 8.11. The van der Waals surface area contributed by atoms with E-state index in [0.717, 1.165) is 11.4 Å². The Kier molecular flexibility index (Phi) is 9.26. The molecule has 0 saturated heterocycles. The molecule has 0 atom stereocenters. The van der Waals surface area contributed by atoms with Crippen molar-refractivity contribution in [2.45, 2.75) is 6.92 Å². The molecule has 1 aromatic rings. The van der Waals surface area contributed by atoms with Crippen molar-refractivity contribution in [3.05, 3.63) is 30.1 Å². The zero-order valence-corrected chi connectivity index (χ0v) is 13.1. The first-order valence-corrected chi connectivity index (χ1v) is 7.39. The van der Waals surface area contributed by atoms with E-state index in [1.165, 1.54) is 0 Å². The molecule has 0 aliphatic rings. The van der Waals surface area contributed by atoms with Gasteiger partial charge in [-0.2, -0.15) is 5.10 Å². The predicted molar refractivity (Wildman–Crippen MR) is 74.8 cm³/mol. The van der Waals surface area contributed by atoms with Crippen molar-refractivity contribution in [2.75, 3.05) is 14.1 Å². The average Bonchev–Trinajstić information content (AvgIpc) is 2.38. The summed E-state index contributed by atoms with van der Waals surface area (Å²) < 4.78 is 0. The van der Waals surface area contributed by atoms with Gasteiger partial charge in [-0.15, -0.1) is 0 Å². The molecule has 0 amide bonds. The average molecular weight is 366 g/mol. The number of nitrogens with zero attached hydrogens (tertiary/aromatic N) is 3. The molecular weight excluding hydrogens is 352 g/mol. The molecule has 0 aromatic carbocycles. The maximum absolute atomic E-state index is 5.03. The minimum absolute atomic E-state index is 0.574. The predicted octanol–water partition coefficient (Wildman–Crippen LogP) is 2.08. The molecule has 1 N–H and O–H groups in total. The second-order valence-corrected chi connectivity index (χ2v) is 3.61. The summed E-state index contributed by atoms with van der Waals surface area (Å²) in [5.41, 5.74) is 4.43. The standard InChI is InChI=1S/C10H14N4S.BrH.Cu/c1-8(9-6-4-5-7-11-9)12-13-10(15)14(2)3;;/h4-7H,1-3H3,(H,13,15);1H;/q;;+1/p-1. The Morgan fingerprint density at radius 1 is 1.47 bits per heavy atom. The zero-order valence-electron chi connectivity index (χ0n) is 9.74. The summed E-state index contributed by atoms with van der Waals surface area (Å²) in [6.45, 7) is 1.88. The summed E-state index contributed by atoms with van der Waals surface area (Å²) in [4.78, 5) is 5.96. The third kappa shape index (κ3) is 6.73. The molecule has 7 heteroatoms. The van der Waals surface area contributed by atoms with Crippen molar-refractivity contribution in [3.63, 3.8) is 0 Å². The van der Waals surface area contributed by atoms with Crippen molar-refractivity contribution in [1.29, 1.82) is 0 Å². The number of hydrogen-bond donors (Lipinski definition) is 1. The van der Waals surface area contributed by atoms with E-state index in [-0.39, 0.29) is 0 Å². The van der Waals surface area contributed by atoms with Gasteiger partial charge in [0.2, 0.25) is 0 Å². The van der Waals surface area contributed by atoms with Gasteiger partial charge in [-0.3, -0.25) is 10.4 Å². The van der Waals surface area contributed by atoms with E-state index in [2.05, 4.69) is 43.8 Å². The zero-order chi connectivity index (χ0) is 13.3. The Morgan fingerprint density at radius 2 is 2.12 bits per heavy atom. The molecule has 0 radical (unpaired) electrons. The molecule has 1 rings (SSSR count). The van der Waals surface area contributed by atoms with Crippen molar-refractivity contribution in [3.8, 4) is 0 Å². The topological polar surface area (TPSA) is 40.5 Å². The molecule has 1 heterocycles. The maximum atomic E-state index is 5.03. The number of rotatable bonds is 2. The van der Waals surface area contributed by atoms with Gasteiger partial charge in [0.1, 0.15) is 0 Å². The summed E-state index contributed by atoms with van der Waals surface area (Å²) in [6, 6.07) is 5.69. The van der Waals surface area contributed by atoms with E-state index in [0.29, 0.717) is 5.11 Å². The molecule has 4 nitrogen and oxygen atoms in total. The molecule has 98 valence electrons. The summed E-state index contributed by atoms with van der Waals surface area (Å²) in [7, 11) is 3.72. The SMILES string of the molecule is CC(=NNC(=S)N(C)C)c1ccccn1.[Cu][Br]. The number of halogens is 1. The van der Waals surface area contributed by atoms with Gasteiger partial charge in [0.15, 0.2) is 5.11 Å². The third-order valence-electron chi connectivity index (χ3n) is 1.76. The first kappa shape index (κ1) is 16.5. The van der Waals surface area contributed by atoms with E-state index in [9.17, 15) is 0 Å². The summed E-state index contributed by atoms with van der Waals surface area (Å²) in [6.07, 6.45) is 1.73. The van der Waals surface area contributed by atoms with Crippen LogP contribution in [0.2, 0.25) is 0 Å². The van der Waals surface area contributed by atoms with Gasteiger partial charge in [0, 0.05) is 20.3 Å². The molecule has 0 fully saturated rings. The number of hydrogen-bond acceptors (Lipinski definition) is 3. The van der Waals surface area contributed by atoms with Crippen molar-refractivity contribution in [1.82, 2.24) is 15.3 Å². The fourth-order valence-corrected chi connectivity index (χ4v) is 0.911. The molecule has 1 aromatic heterocycles. The molecule has 0 saturated carbocycles. The fourth-order valence-electron chi connectivity index (χ4n) is 0.866. The summed E-state index contributed by atoms with van der Waals surface area (Å²) >= 11 is 11.5. The molecule has 0 aliphatic carbocycles. The van der Waals surface area contributed by atoms with Gasteiger partial charge in [-0.25, -0.2) is 0 Å². The summed E-state index contributed by atoms with van der Waals surface area (Å²) in [5.74, 6) is 0. The van der Waals surface area contributed by atoms with Crippen LogP contribution >= 0.6 is 26.3 Å². The Morgan fingerprint density at radius 3 is 2.59 bits per heavy atom. The van der Waals surface area contributed by atoms with Gasteiger partial charge in [-0.1, -0.05) is 6.07 Å². The minimum atomic E-state index is 0.574. The van der Waals surface area contributed by atoms with Crippen LogP contribution < -0.4 is 5.43 Å². The fraction of sp³-hybridized carbons (Fsp3) is 0.300. The first-order valence-electron chi connectivity index (χ1n) is 4.65. The molecule has 0 bridgehead atoms. The van der Waals surface area contributed by atoms with E-state index in [4.69, 9.17) is 12.2 Å². The van der Waals surface area contributed by atoms with Gasteiger partial charge in [0.25, 0.3) is 0 Å². The van der Waals surface area contributed by atoms with Crippen molar-refractivity contribution in [2.24, 2.45) is 5.10 Å². The number of aromatic nitrogens is 1. The quantitative estimate of drug-likeness (QED) is 0.377. The van der Waals surface area contributed by atoms with Crippen LogP contribution in [0.4, 0.5) is 0 Å². The van der Waals surface area contributed by atoms with E-state index < -0.39 is 0 Å². The number of pyridine rings is 1. The molecule has 0 spiro atoms. The van der Waals surface area contributed by atoms with Crippen LogP contribution in [0.1, 0.15) is 12.6 Å². The van der Waals surface area contributed by atoms with E-state index in [1.807, 2.05) is 39.2 Å². The molecule has 0 aliphatic heterocycles. The van der Waals surface area contributed by atoms with Gasteiger partial charge in [0.05, 0.1) is 11.4 Å². The molecule has 0 unspecified atom stereocenters. The Balaban J connectivity index is 0.00000121. The van der Waals surface area contributed by atoms with Crippen LogP contribution in [0.25, 0.3) is 0 Å². The Bertz CT molecular complexity index is 370. The normalized spacial score (nSPS) is 10.1. The van der Waals surface area contributed by atoms with Gasteiger partial charge in [-0.05, 0) is 31.3 Å². The second-order valence-electron chi connectivity index (χ2n) is 3.22. The molecule has 17 heavy (non-hydrogen) atoms. The molecular formula is C10H14BrCuN4S. The third-order valence-corrected chi connectivity index (χ3v) is 2.22. The number of thiocarbonyl (C=S) groups is 1. The number of hydrazone groups is 1. The van der Waals surface area contributed by atoms with Crippen molar-refractivity contribution >= 4 is 37.2 Å². The van der Waals surface area contributed by atoms with Crippen LogP contribution in [0.3, 0.4) is 0 Å². The van der Waals surface area contributed by atoms with Crippen LogP contribution in [-0.2, 0) is 14.2 Å². The Labute approximate surface area is 122 Å². The van der Waals surface area contributed by atoms with Crippen molar-refractivity contribution < 1.29 is 14.2 Å². The van der Waals surface area contributed by atoms with Gasteiger partial charge < -0.3 is 4.90 Å². The number of nitrogens with one attached hydrogen (secondary N) is 1. The second kappa shape index (κ2) is 9.53. The van der Waals surface area contributed by atoms with Crippen LogP contribution in [0, 0.1) is 0 Å². The van der Waals surface area contributed by atoms with Crippen LogP contribution in [0.15, 0.2) is 29.5 Å². The van der Waals surface area contributed by atoms with Crippen LogP contribution in [-0.4, -0.2) is 34.8 Å². The van der Waals surface area contributed by atoms with E-state index in [1.54, 1.807) is 11.1 Å². The summed E-state index contributed by atoms with van der Waals surface area (Å²) in [5, 5.41) is 4.71. The monoisotopic (exact) mass is 364 g/mol. The van der Waals surface area contributed by atoms with Crippen LogP contribution in [0.5, 0.6) is 0 Å².